The zero-order chi connectivity index (χ0) is 14.1. The molecule has 0 radical (unpaired) electrons. The van der Waals surface area contributed by atoms with Crippen molar-refractivity contribution >= 4 is 5.69 Å². The van der Waals surface area contributed by atoms with Crippen LogP contribution >= 0.6 is 0 Å². The molecule has 0 heterocycles. The number of nitrogens with one attached hydrogen (secondary N) is 1. The molecule has 2 fully saturated rings. The van der Waals surface area contributed by atoms with Gasteiger partial charge in [-0.2, -0.15) is 0 Å². The number of halogens is 1. The Morgan fingerprint density at radius 2 is 2.00 bits per heavy atom. The number of nitrogens with zero attached hydrogens (tertiary/aromatic N) is 1. The summed E-state index contributed by atoms with van der Waals surface area (Å²) in [5, 5.41) is 3.51. The molecule has 20 heavy (non-hydrogen) atoms. The van der Waals surface area contributed by atoms with Crippen LogP contribution in [0, 0.1) is 11.7 Å². The predicted octanol–water partition coefficient (Wildman–Crippen LogP) is 3.70. The summed E-state index contributed by atoms with van der Waals surface area (Å²) >= 11 is 0. The van der Waals surface area contributed by atoms with E-state index in [9.17, 15) is 4.39 Å². The summed E-state index contributed by atoms with van der Waals surface area (Å²) in [5.41, 5.74) is 2.35. The van der Waals surface area contributed by atoms with Gasteiger partial charge in [-0.1, -0.05) is 13.8 Å². The number of hydrogen-bond acceptors (Lipinski definition) is 2. The van der Waals surface area contributed by atoms with Crippen LogP contribution in [0.15, 0.2) is 18.2 Å². The van der Waals surface area contributed by atoms with Gasteiger partial charge in [0.05, 0.1) is 0 Å². The quantitative estimate of drug-likeness (QED) is 0.817. The van der Waals surface area contributed by atoms with E-state index in [0.717, 1.165) is 18.7 Å². The van der Waals surface area contributed by atoms with Gasteiger partial charge in [0.25, 0.3) is 0 Å². The third kappa shape index (κ3) is 3.51. The standard InChI is InChI=1S/C17H25FN2/c1-12(2)11-20(16-6-7-16)17-8-3-14(18)9-13(17)10-19-15-4-5-15/h3,8-9,12,15-16,19H,4-7,10-11H2,1-2H3. The van der Waals surface area contributed by atoms with Crippen molar-refractivity contribution in [2.45, 2.75) is 58.2 Å². The Morgan fingerprint density at radius 1 is 1.25 bits per heavy atom. The molecule has 0 unspecified atom stereocenters. The lowest BCUT2D eigenvalue weighted by Gasteiger charge is -2.29. The van der Waals surface area contributed by atoms with E-state index in [1.165, 1.54) is 31.4 Å². The lowest BCUT2D eigenvalue weighted by atomic mass is 10.1. The Hall–Kier alpha value is -1.09. The minimum absolute atomic E-state index is 0.123. The van der Waals surface area contributed by atoms with Crippen LogP contribution in [0.4, 0.5) is 10.1 Å². The Labute approximate surface area is 121 Å². The van der Waals surface area contributed by atoms with E-state index >= 15 is 0 Å². The summed E-state index contributed by atoms with van der Waals surface area (Å²) < 4.78 is 13.6. The smallest absolute Gasteiger partial charge is 0.123 e. The molecule has 0 amide bonds. The van der Waals surface area contributed by atoms with Crippen molar-refractivity contribution in [3.63, 3.8) is 0 Å². The average molecular weight is 276 g/mol. The maximum Gasteiger partial charge on any atom is 0.123 e. The van der Waals surface area contributed by atoms with Crippen LogP contribution in [-0.2, 0) is 6.54 Å². The molecule has 0 aliphatic heterocycles. The van der Waals surface area contributed by atoms with Crippen LogP contribution in [0.3, 0.4) is 0 Å². The van der Waals surface area contributed by atoms with E-state index in [1.807, 2.05) is 6.07 Å². The van der Waals surface area contributed by atoms with E-state index in [0.29, 0.717) is 18.0 Å². The van der Waals surface area contributed by atoms with E-state index in [-0.39, 0.29) is 5.82 Å². The normalized spacial score (nSPS) is 18.6. The zero-order valence-corrected chi connectivity index (χ0v) is 12.5. The highest BCUT2D eigenvalue weighted by molar-refractivity contribution is 5.55. The van der Waals surface area contributed by atoms with Crippen molar-refractivity contribution in [2.24, 2.45) is 5.92 Å². The first kappa shape index (κ1) is 13.9. The number of anilines is 1. The van der Waals surface area contributed by atoms with Crippen LogP contribution < -0.4 is 10.2 Å². The topological polar surface area (TPSA) is 15.3 Å². The molecule has 110 valence electrons. The Kier molecular flexibility index (Phi) is 3.97. The predicted molar refractivity (Wildman–Crippen MR) is 81.5 cm³/mol. The fourth-order valence-corrected chi connectivity index (χ4v) is 2.74. The number of hydrogen-bond donors (Lipinski definition) is 1. The Bertz CT molecular complexity index is 464. The monoisotopic (exact) mass is 276 g/mol. The lowest BCUT2D eigenvalue weighted by Crippen LogP contribution is -2.31. The zero-order valence-electron chi connectivity index (χ0n) is 12.5. The van der Waals surface area contributed by atoms with Crippen molar-refractivity contribution in [1.82, 2.24) is 5.32 Å². The van der Waals surface area contributed by atoms with Crippen molar-refractivity contribution in [3.05, 3.63) is 29.6 Å². The second kappa shape index (κ2) is 5.72. The van der Waals surface area contributed by atoms with E-state index in [1.54, 1.807) is 12.1 Å². The SMILES string of the molecule is CC(C)CN(c1ccc(F)cc1CNC1CC1)C1CC1. The van der Waals surface area contributed by atoms with Gasteiger partial charge in [-0.05, 0) is 55.4 Å². The summed E-state index contributed by atoms with van der Waals surface area (Å²) in [6.45, 7) is 6.36. The Balaban J connectivity index is 1.80. The molecule has 0 aromatic heterocycles. The molecule has 3 heteroatoms. The molecular formula is C17H25FN2. The van der Waals surface area contributed by atoms with Crippen LogP contribution in [0.1, 0.15) is 45.1 Å². The second-order valence-corrected chi connectivity index (χ2v) is 6.71. The van der Waals surface area contributed by atoms with Crippen molar-refractivity contribution < 1.29 is 4.39 Å². The van der Waals surface area contributed by atoms with Crippen LogP contribution in [0.25, 0.3) is 0 Å². The number of rotatable bonds is 7. The molecule has 0 atom stereocenters. The summed E-state index contributed by atoms with van der Waals surface area (Å²) in [6.07, 6.45) is 5.09. The highest BCUT2D eigenvalue weighted by atomic mass is 19.1. The first-order valence-corrected chi connectivity index (χ1v) is 7.92. The fraction of sp³-hybridized carbons (Fsp3) is 0.647. The van der Waals surface area contributed by atoms with Crippen LogP contribution in [0.2, 0.25) is 0 Å². The van der Waals surface area contributed by atoms with Gasteiger partial charge in [0.2, 0.25) is 0 Å². The molecule has 0 spiro atoms. The minimum atomic E-state index is -0.123. The third-order valence-corrected chi connectivity index (χ3v) is 4.06. The molecule has 1 aromatic carbocycles. The van der Waals surface area contributed by atoms with E-state index < -0.39 is 0 Å². The van der Waals surface area contributed by atoms with Crippen LogP contribution in [-0.4, -0.2) is 18.6 Å². The van der Waals surface area contributed by atoms with Gasteiger partial charge in [0.1, 0.15) is 5.82 Å². The van der Waals surface area contributed by atoms with Gasteiger partial charge in [-0.3, -0.25) is 0 Å². The maximum atomic E-state index is 13.6. The Morgan fingerprint density at radius 3 is 2.60 bits per heavy atom. The van der Waals surface area contributed by atoms with Gasteiger partial charge in [-0.25, -0.2) is 4.39 Å². The minimum Gasteiger partial charge on any atom is -0.368 e. The van der Waals surface area contributed by atoms with Gasteiger partial charge >= 0.3 is 0 Å². The summed E-state index contributed by atoms with van der Waals surface area (Å²) in [4.78, 5) is 2.49. The van der Waals surface area contributed by atoms with Gasteiger partial charge in [0.15, 0.2) is 0 Å². The van der Waals surface area contributed by atoms with Gasteiger partial charge < -0.3 is 10.2 Å². The molecule has 0 bridgehead atoms. The second-order valence-electron chi connectivity index (χ2n) is 6.71. The summed E-state index contributed by atoms with van der Waals surface area (Å²) in [5.74, 6) is 0.506. The molecular weight excluding hydrogens is 251 g/mol. The van der Waals surface area contributed by atoms with Crippen molar-refractivity contribution in [3.8, 4) is 0 Å². The number of benzene rings is 1. The molecule has 1 aromatic rings. The molecule has 2 saturated carbocycles. The van der Waals surface area contributed by atoms with E-state index in [2.05, 4.69) is 24.1 Å². The van der Waals surface area contributed by atoms with Crippen molar-refractivity contribution in [1.29, 1.82) is 0 Å². The maximum absolute atomic E-state index is 13.6. The molecule has 2 aliphatic rings. The van der Waals surface area contributed by atoms with Gasteiger partial charge in [-0.15, -0.1) is 0 Å². The molecule has 2 nitrogen and oxygen atoms in total. The molecule has 2 aliphatic carbocycles. The highest BCUT2D eigenvalue weighted by Gasteiger charge is 2.31. The first-order valence-electron chi connectivity index (χ1n) is 7.92. The third-order valence-electron chi connectivity index (χ3n) is 4.06. The molecule has 3 rings (SSSR count). The highest BCUT2D eigenvalue weighted by Crippen LogP contribution is 2.35. The largest absolute Gasteiger partial charge is 0.368 e. The fourth-order valence-electron chi connectivity index (χ4n) is 2.74. The van der Waals surface area contributed by atoms with E-state index in [4.69, 9.17) is 0 Å². The average Bonchev–Trinajstić information content (AvgIpc) is 3.27. The van der Waals surface area contributed by atoms with Crippen molar-refractivity contribution in [2.75, 3.05) is 11.4 Å². The van der Waals surface area contributed by atoms with Crippen LogP contribution in [0.5, 0.6) is 0 Å². The summed E-state index contributed by atoms with van der Waals surface area (Å²) in [6, 6.07) is 6.61. The molecule has 1 N–H and O–H groups in total. The molecule has 0 saturated heterocycles. The first-order chi connectivity index (χ1) is 9.63. The summed E-state index contributed by atoms with van der Waals surface area (Å²) in [7, 11) is 0. The van der Waals surface area contributed by atoms with Gasteiger partial charge in [0, 0.05) is 30.9 Å². The lowest BCUT2D eigenvalue weighted by molar-refractivity contribution is 0.596.